The van der Waals surface area contributed by atoms with Crippen molar-refractivity contribution in [2.24, 2.45) is 0 Å². The van der Waals surface area contributed by atoms with Crippen molar-refractivity contribution < 1.29 is 9.21 Å². The van der Waals surface area contributed by atoms with E-state index in [0.29, 0.717) is 28.3 Å². The summed E-state index contributed by atoms with van der Waals surface area (Å²) in [5, 5.41) is 3.42. The highest BCUT2D eigenvalue weighted by molar-refractivity contribution is 8.00. The summed E-state index contributed by atoms with van der Waals surface area (Å²) in [5.74, 6) is 2.36. The van der Waals surface area contributed by atoms with Crippen molar-refractivity contribution in [3.63, 3.8) is 0 Å². The number of amides is 1. The van der Waals surface area contributed by atoms with Gasteiger partial charge in [-0.2, -0.15) is 0 Å². The van der Waals surface area contributed by atoms with E-state index in [4.69, 9.17) is 4.42 Å². The molecule has 1 amide bonds. The molecule has 1 N–H and O–H groups in total. The van der Waals surface area contributed by atoms with Crippen molar-refractivity contribution in [2.45, 2.75) is 29.7 Å². The number of anilines is 1. The smallest absolute Gasteiger partial charge is 0.257 e. The number of rotatable bonds is 6. The minimum absolute atomic E-state index is 0.175. The molecule has 0 radical (unpaired) electrons. The topological polar surface area (TPSA) is 80.9 Å². The highest BCUT2D eigenvalue weighted by Crippen LogP contribution is 2.31. The van der Waals surface area contributed by atoms with Crippen LogP contribution in [0.4, 0.5) is 5.13 Å². The largest absolute Gasteiger partial charge is 0.445 e. The fourth-order valence-electron chi connectivity index (χ4n) is 2.34. The van der Waals surface area contributed by atoms with Gasteiger partial charge in [0, 0.05) is 11.5 Å². The molecule has 1 aromatic carbocycles. The Morgan fingerprint density at radius 1 is 1.26 bits per heavy atom. The maximum absolute atomic E-state index is 12.4. The van der Waals surface area contributed by atoms with Gasteiger partial charge in [-0.15, -0.1) is 23.1 Å². The number of nitrogens with zero attached hydrogens (tertiary/aromatic N) is 3. The van der Waals surface area contributed by atoms with Crippen LogP contribution in [0, 0.1) is 0 Å². The predicted molar refractivity (Wildman–Crippen MR) is 110 cm³/mol. The lowest BCUT2D eigenvalue weighted by molar-refractivity contribution is 0.102. The minimum atomic E-state index is -0.175. The van der Waals surface area contributed by atoms with E-state index in [0.717, 1.165) is 20.2 Å². The van der Waals surface area contributed by atoms with Gasteiger partial charge in [0.15, 0.2) is 5.13 Å². The molecule has 0 aliphatic rings. The lowest BCUT2D eigenvalue weighted by Crippen LogP contribution is -2.11. The van der Waals surface area contributed by atoms with Crippen LogP contribution >= 0.6 is 34.4 Å². The third-order valence-electron chi connectivity index (χ3n) is 3.78. The maximum atomic E-state index is 12.4. The number of carbonyl (C=O) groups excluding carboxylic acids is 1. The predicted octanol–water partition coefficient (Wildman–Crippen LogP) is 5.41. The molecule has 0 bridgehead atoms. The number of hydrogen-bond donors (Lipinski definition) is 1. The normalized spacial score (nSPS) is 11.4. The number of oxazole rings is 1. The van der Waals surface area contributed by atoms with Crippen LogP contribution in [0.15, 0.2) is 44.7 Å². The minimum Gasteiger partial charge on any atom is -0.445 e. The average molecular weight is 417 g/mol. The van der Waals surface area contributed by atoms with Crippen LogP contribution in [-0.4, -0.2) is 20.9 Å². The second kappa shape index (κ2) is 7.79. The zero-order valence-corrected chi connectivity index (χ0v) is 17.1. The van der Waals surface area contributed by atoms with Crippen molar-refractivity contribution in [2.75, 3.05) is 5.32 Å². The summed E-state index contributed by atoms with van der Waals surface area (Å²) in [4.78, 5) is 25.2. The van der Waals surface area contributed by atoms with Gasteiger partial charge in [-0.25, -0.2) is 15.0 Å². The lowest BCUT2D eigenvalue weighted by Gasteiger charge is -2.01. The Bertz CT molecular complexity index is 1080. The third-order valence-corrected chi connectivity index (χ3v) is 6.66. The first kappa shape index (κ1) is 18.1. The molecule has 6 nitrogen and oxygen atoms in total. The molecule has 0 saturated carbocycles. The van der Waals surface area contributed by atoms with Gasteiger partial charge in [0.1, 0.15) is 5.76 Å². The standard InChI is InChI=1S/C18H16N4O2S3/c1-10(2)13-6-19-15(24-13)8-25-16-7-20-18(27-16)22-17(23)11-3-4-12-14(5-11)26-9-21-12/h3-7,9-10H,8H2,1-2H3,(H,20,22,23). The van der Waals surface area contributed by atoms with E-state index in [1.807, 2.05) is 12.1 Å². The Kier molecular flexibility index (Phi) is 5.24. The van der Waals surface area contributed by atoms with Crippen LogP contribution in [0.3, 0.4) is 0 Å². The highest BCUT2D eigenvalue weighted by atomic mass is 32.2. The van der Waals surface area contributed by atoms with Crippen molar-refractivity contribution in [1.29, 1.82) is 0 Å². The number of nitrogens with one attached hydrogen (secondary N) is 1. The number of hydrogen-bond acceptors (Lipinski definition) is 8. The lowest BCUT2D eigenvalue weighted by atomic mass is 10.2. The van der Waals surface area contributed by atoms with Gasteiger partial charge in [0.2, 0.25) is 5.89 Å². The maximum Gasteiger partial charge on any atom is 0.257 e. The molecule has 4 rings (SSSR count). The number of thiazole rings is 2. The molecule has 0 aliphatic carbocycles. The first-order chi connectivity index (χ1) is 13.1. The monoisotopic (exact) mass is 416 g/mol. The van der Waals surface area contributed by atoms with Gasteiger partial charge >= 0.3 is 0 Å². The SMILES string of the molecule is CC(C)c1cnc(CSc2cnc(NC(=O)c3ccc4ncsc4c3)s2)o1. The number of benzene rings is 1. The Morgan fingerprint density at radius 2 is 2.15 bits per heavy atom. The van der Waals surface area contributed by atoms with Gasteiger partial charge in [0.05, 0.1) is 38.1 Å². The molecule has 9 heteroatoms. The quantitative estimate of drug-likeness (QED) is 0.423. The molecule has 3 aromatic heterocycles. The molecule has 138 valence electrons. The van der Waals surface area contributed by atoms with E-state index in [9.17, 15) is 4.79 Å². The summed E-state index contributed by atoms with van der Waals surface area (Å²) < 4.78 is 7.69. The zero-order chi connectivity index (χ0) is 18.8. The Balaban J connectivity index is 1.37. The number of thioether (sulfide) groups is 1. The first-order valence-corrected chi connectivity index (χ1v) is 10.9. The van der Waals surface area contributed by atoms with Gasteiger partial charge in [-0.1, -0.05) is 25.2 Å². The van der Waals surface area contributed by atoms with E-state index in [2.05, 4.69) is 34.1 Å². The van der Waals surface area contributed by atoms with Crippen LogP contribution in [0.2, 0.25) is 0 Å². The van der Waals surface area contributed by atoms with Crippen LogP contribution in [0.25, 0.3) is 10.2 Å². The van der Waals surface area contributed by atoms with Crippen molar-refractivity contribution in [1.82, 2.24) is 15.0 Å². The molecule has 0 aliphatic heterocycles. The molecular weight excluding hydrogens is 400 g/mol. The number of fused-ring (bicyclic) bond motifs is 1. The van der Waals surface area contributed by atoms with Crippen LogP contribution < -0.4 is 5.32 Å². The van der Waals surface area contributed by atoms with E-state index >= 15 is 0 Å². The summed E-state index contributed by atoms with van der Waals surface area (Å²) in [7, 11) is 0. The average Bonchev–Trinajstić information content (AvgIpc) is 3.39. The van der Waals surface area contributed by atoms with E-state index in [-0.39, 0.29) is 5.91 Å². The van der Waals surface area contributed by atoms with Gasteiger partial charge in [-0.3, -0.25) is 10.1 Å². The Hall–Kier alpha value is -2.23. The van der Waals surface area contributed by atoms with Gasteiger partial charge in [0.25, 0.3) is 5.91 Å². The molecule has 0 atom stereocenters. The van der Waals surface area contributed by atoms with Crippen LogP contribution in [-0.2, 0) is 5.75 Å². The molecule has 3 heterocycles. The van der Waals surface area contributed by atoms with Gasteiger partial charge < -0.3 is 4.42 Å². The number of aromatic nitrogens is 3. The van der Waals surface area contributed by atoms with Crippen molar-refractivity contribution >= 4 is 55.7 Å². The second-order valence-corrected chi connectivity index (χ2v) is 9.27. The van der Waals surface area contributed by atoms with E-state index in [1.165, 1.54) is 22.7 Å². The summed E-state index contributed by atoms with van der Waals surface area (Å²) in [6.07, 6.45) is 3.53. The van der Waals surface area contributed by atoms with Crippen molar-refractivity contribution in [3.8, 4) is 0 Å². The Morgan fingerprint density at radius 3 is 2.96 bits per heavy atom. The molecule has 0 unspecified atom stereocenters. The fourth-order valence-corrected chi connectivity index (χ4v) is 4.78. The van der Waals surface area contributed by atoms with Crippen LogP contribution in [0.1, 0.15) is 41.8 Å². The molecule has 0 saturated heterocycles. The first-order valence-electron chi connectivity index (χ1n) is 8.26. The Labute approximate surface area is 168 Å². The van der Waals surface area contributed by atoms with E-state index in [1.54, 1.807) is 35.7 Å². The molecule has 0 spiro atoms. The second-order valence-electron chi connectivity index (χ2n) is 6.07. The fraction of sp³-hybridized carbons (Fsp3) is 0.222. The molecule has 27 heavy (non-hydrogen) atoms. The summed E-state index contributed by atoms with van der Waals surface area (Å²) >= 11 is 4.54. The summed E-state index contributed by atoms with van der Waals surface area (Å²) in [6, 6.07) is 5.47. The molecular formula is C18H16N4O2S3. The summed E-state index contributed by atoms with van der Waals surface area (Å²) in [5.41, 5.74) is 3.27. The molecule has 4 aromatic rings. The molecule has 0 fully saturated rings. The van der Waals surface area contributed by atoms with Crippen molar-refractivity contribution in [3.05, 3.63) is 53.3 Å². The van der Waals surface area contributed by atoms with Crippen LogP contribution in [0.5, 0.6) is 0 Å². The summed E-state index contributed by atoms with van der Waals surface area (Å²) in [6.45, 7) is 4.14. The number of carbonyl (C=O) groups is 1. The van der Waals surface area contributed by atoms with Gasteiger partial charge in [-0.05, 0) is 18.2 Å². The highest BCUT2D eigenvalue weighted by Gasteiger charge is 2.12. The third kappa shape index (κ3) is 4.20. The van der Waals surface area contributed by atoms with E-state index < -0.39 is 0 Å². The zero-order valence-electron chi connectivity index (χ0n) is 14.6.